The first kappa shape index (κ1) is 15.3. The number of amides is 1. The van der Waals surface area contributed by atoms with Gasteiger partial charge in [0.05, 0.1) is 18.8 Å². The monoisotopic (exact) mass is 296 g/mol. The minimum absolute atomic E-state index is 0.0500. The van der Waals surface area contributed by atoms with Crippen LogP contribution >= 0.6 is 0 Å². The molecule has 1 aromatic rings. The predicted molar refractivity (Wildman–Crippen MR) is 75.0 cm³/mol. The van der Waals surface area contributed by atoms with Crippen LogP contribution in [0.15, 0.2) is 12.3 Å². The smallest absolute Gasteiger partial charge is 0.410 e. The van der Waals surface area contributed by atoms with E-state index >= 15 is 0 Å². The SMILES string of the molecule is CC(C)(C)OC(=O)N1CCC[C@H](n2nccc2[N+](=O)[O-])C1. The van der Waals surface area contributed by atoms with Gasteiger partial charge in [-0.2, -0.15) is 0 Å². The molecule has 0 unspecified atom stereocenters. The molecule has 1 aromatic heterocycles. The van der Waals surface area contributed by atoms with E-state index in [9.17, 15) is 14.9 Å². The summed E-state index contributed by atoms with van der Waals surface area (Å²) in [5, 5.41) is 15.0. The fourth-order valence-electron chi connectivity index (χ4n) is 2.38. The van der Waals surface area contributed by atoms with Gasteiger partial charge in [-0.1, -0.05) is 5.10 Å². The van der Waals surface area contributed by atoms with Crippen LogP contribution in [0.2, 0.25) is 0 Å². The van der Waals surface area contributed by atoms with E-state index in [1.165, 1.54) is 16.9 Å². The molecule has 0 bridgehead atoms. The number of aromatic nitrogens is 2. The number of likely N-dealkylation sites (tertiary alicyclic amines) is 1. The van der Waals surface area contributed by atoms with Crippen molar-refractivity contribution in [2.24, 2.45) is 0 Å². The number of hydrogen-bond acceptors (Lipinski definition) is 5. The highest BCUT2D eigenvalue weighted by molar-refractivity contribution is 5.68. The summed E-state index contributed by atoms with van der Waals surface area (Å²) in [6.45, 7) is 6.40. The molecule has 8 nitrogen and oxygen atoms in total. The van der Waals surface area contributed by atoms with Crippen molar-refractivity contribution in [3.05, 3.63) is 22.4 Å². The Balaban J connectivity index is 2.09. The number of nitro groups is 1. The fraction of sp³-hybridized carbons (Fsp3) is 0.692. The van der Waals surface area contributed by atoms with Gasteiger partial charge >= 0.3 is 11.9 Å². The number of ether oxygens (including phenoxy) is 1. The highest BCUT2D eigenvalue weighted by Crippen LogP contribution is 2.26. The lowest BCUT2D eigenvalue weighted by Gasteiger charge is -2.32. The van der Waals surface area contributed by atoms with Crippen LogP contribution in [0.3, 0.4) is 0 Å². The molecule has 21 heavy (non-hydrogen) atoms. The van der Waals surface area contributed by atoms with Crippen LogP contribution in [0.5, 0.6) is 0 Å². The molecule has 0 spiro atoms. The fourth-order valence-corrected chi connectivity index (χ4v) is 2.38. The Morgan fingerprint density at radius 3 is 2.86 bits per heavy atom. The van der Waals surface area contributed by atoms with Crippen LogP contribution in [0.25, 0.3) is 0 Å². The normalized spacial score (nSPS) is 19.4. The third-order valence-corrected chi connectivity index (χ3v) is 3.23. The molecular formula is C13H20N4O4. The number of carbonyl (C=O) groups excluding carboxylic acids is 1. The van der Waals surface area contributed by atoms with Crippen LogP contribution in [0.1, 0.15) is 39.7 Å². The summed E-state index contributed by atoms with van der Waals surface area (Å²) in [6, 6.07) is 1.17. The standard InChI is InChI=1S/C13H20N4O4/c1-13(2,3)21-12(18)15-8-4-5-10(9-15)16-11(17(19)20)6-7-14-16/h6-7,10H,4-5,8-9H2,1-3H3/t10-/m0/s1. The quantitative estimate of drug-likeness (QED) is 0.617. The van der Waals surface area contributed by atoms with Crippen LogP contribution in [-0.4, -0.2) is 44.4 Å². The topological polar surface area (TPSA) is 90.5 Å². The van der Waals surface area contributed by atoms with Crippen molar-refractivity contribution < 1.29 is 14.5 Å². The molecule has 1 aliphatic rings. The molecule has 0 radical (unpaired) electrons. The molecule has 0 aromatic carbocycles. The lowest BCUT2D eigenvalue weighted by atomic mass is 10.1. The number of hydrogen-bond donors (Lipinski definition) is 0. The summed E-state index contributed by atoms with van der Waals surface area (Å²) < 4.78 is 6.73. The van der Waals surface area contributed by atoms with Gasteiger partial charge in [-0.05, 0) is 38.5 Å². The molecule has 1 fully saturated rings. The molecule has 1 amide bonds. The first-order chi connectivity index (χ1) is 9.78. The molecule has 0 N–H and O–H groups in total. The molecule has 2 rings (SSSR count). The third kappa shape index (κ3) is 3.71. The highest BCUT2D eigenvalue weighted by atomic mass is 16.6. The predicted octanol–water partition coefficient (Wildman–Crippen LogP) is 2.36. The van der Waals surface area contributed by atoms with Gasteiger partial charge in [0.1, 0.15) is 11.6 Å². The average Bonchev–Trinajstić information content (AvgIpc) is 2.86. The second-order valence-corrected chi connectivity index (χ2v) is 6.11. The molecule has 1 saturated heterocycles. The largest absolute Gasteiger partial charge is 0.444 e. The van der Waals surface area contributed by atoms with Crippen molar-refractivity contribution in [2.45, 2.75) is 45.3 Å². The minimum Gasteiger partial charge on any atom is -0.444 e. The van der Waals surface area contributed by atoms with Gasteiger partial charge in [-0.3, -0.25) is 0 Å². The Kier molecular flexibility index (Phi) is 4.15. The Bertz CT molecular complexity index is 535. The summed E-state index contributed by atoms with van der Waals surface area (Å²) >= 11 is 0. The summed E-state index contributed by atoms with van der Waals surface area (Å²) in [7, 11) is 0. The zero-order valence-electron chi connectivity index (χ0n) is 12.5. The van der Waals surface area contributed by atoms with Crippen molar-refractivity contribution in [3.63, 3.8) is 0 Å². The average molecular weight is 296 g/mol. The number of nitrogens with zero attached hydrogens (tertiary/aromatic N) is 4. The summed E-state index contributed by atoms with van der Waals surface area (Å²) in [4.78, 5) is 24.2. The van der Waals surface area contributed by atoms with E-state index in [4.69, 9.17) is 4.74 Å². The van der Waals surface area contributed by atoms with Crippen LogP contribution in [0.4, 0.5) is 10.6 Å². The van der Waals surface area contributed by atoms with Gasteiger partial charge in [0.25, 0.3) is 0 Å². The second-order valence-electron chi connectivity index (χ2n) is 6.11. The van der Waals surface area contributed by atoms with Gasteiger partial charge in [0.15, 0.2) is 0 Å². The maximum Gasteiger partial charge on any atom is 0.410 e. The molecule has 8 heteroatoms. The van der Waals surface area contributed by atoms with Crippen molar-refractivity contribution in [1.82, 2.24) is 14.7 Å². The summed E-state index contributed by atoms with van der Waals surface area (Å²) in [5.41, 5.74) is -0.554. The summed E-state index contributed by atoms with van der Waals surface area (Å²) in [6.07, 6.45) is 2.54. The van der Waals surface area contributed by atoms with E-state index < -0.39 is 10.5 Å². The Labute approximate surface area is 122 Å². The molecule has 0 saturated carbocycles. The van der Waals surface area contributed by atoms with Gasteiger partial charge < -0.3 is 19.8 Å². The number of carbonyl (C=O) groups is 1. The van der Waals surface area contributed by atoms with E-state index in [-0.39, 0.29) is 18.0 Å². The minimum atomic E-state index is -0.554. The number of piperidine rings is 1. The maximum atomic E-state index is 12.1. The maximum absolute atomic E-state index is 12.1. The number of rotatable bonds is 2. The molecule has 0 aliphatic carbocycles. The van der Waals surface area contributed by atoms with E-state index in [1.54, 1.807) is 4.90 Å². The first-order valence-corrected chi connectivity index (χ1v) is 6.94. The molecular weight excluding hydrogens is 276 g/mol. The van der Waals surface area contributed by atoms with Crippen molar-refractivity contribution in [1.29, 1.82) is 0 Å². The lowest BCUT2D eigenvalue weighted by Crippen LogP contribution is -2.43. The Morgan fingerprint density at radius 2 is 2.24 bits per heavy atom. The molecule has 2 heterocycles. The molecule has 1 atom stereocenters. The zero-order valence-corrected chi connectivity index (χ0v) is 12.5. The molecule has 1 aliphatic heterocycles. The van der Waals surface area contributed by atoms with Crippen LogP contribution < -0.4 is 0 Å². The lowest BCUT2D eigenvalue weighted by molar-refractivity contribution is -0.393. The van der Waals surface area contributed by atoms with Gasteiger partial charge in [-0.15, -0.1) is 4.68 Å². The van der Waals surface area contributed by atoms with Crippen LogP contribution in [0, 0.1) is 10.1 Å². The summed E-state index contributed by atoms with van der Waals surface area (Å²) in [5.74, 6) is -0.0500. The molecule has 116 valence electrons. The Morgan fingerprint density at radius 1 is 1.52 bits per heavy atom. The van der Waals surface area contributed by atoms with Gasteiger partial charge in [0, 0.05) is 6.54 Å². The van der Waals surface area contributed by atoms with E-state index in [1.807, 2.05) is 20.8 Å². The second kappa shape index (κ2) is 5.71. The van der Waals surface area contributed by atoms with E-state index in [2.05, 4.69) is 5.10 Å². The van der Waals surface area contributed by atoms with Crippen LogP contribution in [-0.2, 0) is 4.74 Å². The van der Waals surface area contributed by atoms with Crippen molar-refractivity contribution in [2.75, 3.05) is 13.1 Å². The van der Waals surface area contributed by atoms with Gasteiger partial charge in [0.2, 0.25) is 0 Å². The van der Waals surface area contributed by atoms with Crippen molar-refractivity contribution >= 4 is 11.9 Å². The first-order valence-electron chi connectivity index (χ1n) is 6.94. The zero-order chi connectivity index (χ0) is 15.6. The third-order valence-electron chi connectivity index (χ3n) is 3.23. The van der Waals surface area contributed by atoms with Gasteiger partial charge in [-0.25, -0.2) is 4.79 Å². The highest BCUT2D eigenvalue weighted by Gasteiger charge is 2.33. The van der Waals surface area contributed by atoms with E-state index in [0.717, 1.165) is 12.8 Å². The van der Waals surface area contributed by atoms with E-state index in [0.29, 0.717) is 13.1 Å². The van der Waals surface area contributed by atoms with Crippen molar-refractivity contribution in [3.8, 4) is 0 Å². The Hall–Kier alpha value is -2.12.